The normalized spacial score (nSPS) is 18.3. The van der Waals surface area contributed by atoms with E-state index in [9.17, 15) is 9.59 Å². The summed E-state index contributed by atoms with van der Waals surface area (Å²) in [6.45, 7) is 0.576. The molecule has 3 N–H and O–H groups in total. The maximum atomic E-state index is 12.1. The first-order valence-corrected chi connectivity index (χ1v) is 6.40. The van der Waals surface area contributed by atoms with Crippen LogP contribution < -0.4 is 11.1 Å². The number of ether oxygens (including phenoxy) is 1. The van der Waals surface area contributed by atoms with Crippen LogP contribution in [-0.4, -0.2) is 24.5 Å². The van der Waals surface area contributed by atoms with Crippen molar-refractivity contribution in [3.63, 3.8) is 0 Å². The molecule has 0 bridgehead atoms. The fourth-order valence-corrected chi connectivity index (χ4v) is 2.33. The minimum Gasteiger partial charge on any atom is -0.449 e. The predicted octanol–water partition coefficient (Wildman–Crippen LogP) is 1.65. The number of nitrogens with two attached hydrogens (primary N) is 1. The number of anilines is 1. The molecule has 1 fully saturated rings. The number of hydrogen-bond donors (Lipinski definition) is 2. The second kappa shape index (κ2) is 4.97. The summed E-state index contributed by atoms with van der Waals surface area (Å²) in [7, 11) is 0. The van der Waals surface area contributed by atoms with Gasteiger partial charge in [0.15, 0.2) is 0 Å². The Morgan fingerprint density at radius 3 is 2.80 bits per heavy atom. The number of benzene rings is 1. The van der Waals surface area contributed by atoms with Crippen molar-refractivity contribution in [3.8, 4) is 0 Å². The van der Waals surface area contributed by atoms with Crippen molar-refractivity contribution in [3.05, 3.63) is 30.0 Å². The van der Waals surface area contributed by atoms with E-state index in [1.165, 1.54) is 0 Å². The van der Waals surface area contributed by atoms with Crippen LogP contribution in [-0.2, 0) is 9.53 Å². The van der Waals surface area contributed by atoms with Crippen molar-refractivity contribution in [2.75, 3.05) is 11.9 Å². The monoisotopic (exact) mass is 274 g/mol. The summed E-state index contributed by atoms with van der Waals surface area (Å²) in [6.07, 6.45) is 1.05. The Morgan fingerprint density at radius 1 is 1.30 bits per heavy atom. The van der Waals surface area contributed by atoms with Crippen molar-refractivity contribution < 1.29 is 18.7 Å². The van der Waals surface area contributed by atoms with Crippen molar-refractivity contribution in [2.24, 2.45) is 5.73 Å². The zero-order valence-corrected chi connectivity index (χ0v) is 10.7. The molecule has 1 aromatic heterocycles. The van der Waals surface area contributed by atoms with E-state index >= 15 is 0 Å². The van der Waals surface area contributed by atoms with E-state index in [4.69, 9.17) is 14.9 Å². The number of amides is 2. The van der Waals surface area contributed by atoms with E-state index in [1.54, 1.807) is 24.3 Å². The highest BCUT2D eigenvalue weighted by Crippen LogP contribution is 2.31. The molecule has 1 aliphatic rings. The molecule has 20 heavy (non-hydrogen) atoms. The quantitative estimate of drug-likeness (QED) is 0.889. The number of hydrogen-bond acceptors (Lipinski definition) is 4. The highest BCUT2D eigenvalue weighted by atomic mass is 16.5. The van der Waals surface area contributed by atoms with E-state index in [0.717, 1.165) is 6.42 Å². The molecule has 3 rings (SSSR count). The Kier molecular flexibility index (Phi) is 3.15. The molecule has 0 unspecified atom stereocenters. The fraction of sp³-hybridized carbons (Fsp3) is 0.286. The first kappa shape index (κ1) is 12.7. The van der Waals surface area contributed by atoms with Crippen LogP contribution in [0.5, 0.6) is 0 Å². The molecule has 0 saturated carbocycles. The van der Waals surface area contributed by atoms with Crippen molar-refractivity contribution in [1.29, 1.82) is 0 Å². The van der Waals surface area contributed by atoms with Gasteiger partial charge in [0.25, 0.3) is 11.8 Å². The average molecular weight is 274 g/mol. The zero-order valence-electron chi connectivity index (χ0n) is 10.7. The van der Waals surface area contributed by atoms with Crippen molar-refractivity contribution in [2.45, 2.75) is 18.9 Å². The number of carbonyl (C=O) groups excluding carboxylic acids is 2. The van der Waals surface area contributed by atoms with Crippen LogP contribution in [0.15, 0.2) is 28.7 Å². The number of primary amides is 1. The number of furan rings is 1. The molecule has 2 aromatic rings. The van der Waals surface area contributed by atoms with Gasteiger partial charge in [-0.2, -0.15) is 0 Å². The van der Waals surface area contributed by atoms with Crippen LogP contribution in [0.4, 0.5) is 5.69 Å². The second-order valence-electron chi connectivity index (χ2n) is 4.66. The zero-order chi connectivity index (χ0) is 14.1. The number of rotatable bonds is 3. The fourth-order valence-electron chi connectivity index (χ4n) is 2.33. The lowest BCUT2D eigenvalue weighted by Gasteiger charge is -2.09. The lowest BCUT2D eigenvalue weighted by molar-refractivity contribution is -0.124. The van der Waals surface area contributed by atoms with Gasteiger partial charge in [0.05, 0.1) is 0 Å². The summed E-state index contributed by atoms with van der Waals surface area (Å²) >= 11 is 0. The molecule has 104 valence electrons. The van der Waals surface area contributed by atoms with E-state index in [-0.39, 0.29) is 11.7 Å². The van der Waals surface area contributed by atoms with Gasteiger partial charge in [0.1, 0.15) is 17.4 Å². The van der Waals surface area contributed by atoms with Gasteiger partial charge >= 0.3 is 0 Å². The third-order valence-electron chi connectivity index (χ3n) is 3.29. The maximum Gasteiger partial charge on any atom is 0.286 e. The Bertz CT molecular complexity index is 671. The number of nitrogens with one attached hydrogen (secondary N) is 1. The molecule has 1 aliphatic heterocycles. The molecule has 6 heteroatoms. The molecule has 0 aliphatic carbocycles. The lowest BCUT2D eigenvalue weighted by atomic mass is 10.2. The van der Waals surface area contributed by atoms with Gasteiger partial charge in [-0.25, -0.2) is 0 Å². The van der Waals surface area contributed by atoms with Gasteiger partial charge in [-0.1, -0.05) is 12.1 Å². The topological polar surface area (TPSA) is 94.6 Å². The van der Waals surface area contributed by atoms with E-state index in [1.807, 2.05) is 0 Å². The average Bonchev–Trinajstić information content (AvgIpc) is 3.06. The van der Waals surface area contributed by atoms with Gasteiger partial charge in [0.2, 0.25) is 5.76 Å². The van der Waals surface area contributed by atoms with Crippen LogP contribution in [0.3, 0.4) is 0 Å². The highest BCUT2D eigenvalue weighted by molar-refractivity contribution is 6.11. The van der Waals surface area contributed by atoms with Crippen molar-refractivity contribution >= 4 is 28.5 Å². The molecule has 1 saturated heterocycles. The van der Waals surface area contributed by atoms with Gasteiger partial charge in [-0.15, -0.1) is 0 Å². The Morgan fingerprint density at radius 2 is 2.10 bits per heavy atom. The molecule has 1 atom stereocenters. The minimum absolute atomic E-state index is 0.0439. The SMILES string of the molecule is NC(=O)c1oc2ccccc2c1NC(=O)[C@@H]1CCCO1. The smallest absolute Gasteiger partial charge is 0.286 e. The molecule has 0 radical (unpaired) electrons. The third-order valence-corrected chi connectivity index (χ3v) is 3.29. The highest BCUT2D eigenvalue weighted by Gasteiger charge is 2.27. The maximum absolute atomic E-state index is 12.1. The number of carbonyl (C=O) groups is 2. The van der Waals surface area contributed by atoms with E-state index in [0.29, 0.717) is 29.7 Å². The van der Waals surface area contributed by atoms with Crippen LogP contribution in [0.2, 0.25) is 0 Å². The summed E-state index contributed by atoms with van der Waals surface area (Å²) in [4.78, 5) is 23.5. The van der Waals surface area contributed by atoms with Crippen LogP contribution >= 0.6 is 0 Å². The van der Waals surface area contributed by atoms with Crippen LogP contribution in [0, 0.1) is 0 Å². The molecule has 0 spiro atoms. The van der Waals surface area contributed by atoms with Gasteiger partial charge in [-0.3, -0.25) is 9.59 Å². The van der Waals surface area contributed by atoms with Gasteiger partial charge in [-0.05, 0) is 25.0 Å². The summed E-state index contributed by atoms with van der Waals surface area (Å²) in [5, 5.41) is 3.34. The molecule has 6 nitrogen and oxygen atoms in total. The first-order valence-electron chi connectivity index (χ1n) is 6.40. The van der Waals surface area contributed by atoms with Gasteiger partial charge in [0, 0.05) is 12.0 Å². The summed E-state index contributed by atoms with van der Waals surface area (Å²) < 4.78 is 10.7. The first-order chi connectivity index (χ1) is 9.66. The molecule has 2 heterocycles. The second-order valence-corrected chi connectivity index (χ2v) is 4.66. The summed E-state index contributed by atoms with van der Waals surface area (Å²) in [5.74, 6) is -1.04. The lowest BCUT2D eigenvalue weighted by Crippen LogP contribution is -2.27. The standard InChI is InChI=1S/C14H14N2O4/c15-13(17)12-11(8-4-1-2-5-9(8)20-12)16-14(18)10-6-3-7-19-10/h1-2,4-5,10H,3,6-7H2,(H2,15,17)(H,16,18)/t10-/m0/s1. The predicted molar refractivity (Wildman–Crippen MR) is 72.3 cm³/mol. The molecule has 2 amide bonds. The molecular formula is C14H14N2O4. The summed E-state index contributed by atoms with van der Waals surface area (Å²) in [5.41, 5.74) is 6.11. The Balaban J connectivity index is 1.98. The van der Waals surface area contributed by atoms with Gasteiger partial charge < -0.3 is 20.2 Å². The van der Waals surface area contributed by atoms with E-state index < -0.39 is 12.0 Å². The largest absolute Gasteiger partial charge is 0.449 e. The minimum atomic E-state index is -0.719. The summed E-state index contributed by atoms with van der Waals surface area (Å²) in [6, 6.07) is 7.05. The molecule has 1 aromatic carbocycles. The number of para-hydroxylation sites is 1. The Labute approximate surface area is 114 Å². The Hall–Kier alpha value is -2.34. The third kappa shape index (κ3) is 2.14. The van der Waals surface area contributed by atoms with Crippen molar-refractivity contribution in [1.82, 2.24) is 0 Å². The van der Waals surface area contributed by atoms with Crippen LogP contribution in [0.1, 0.15) is 23.4 Å². The molecular weight excluding hydrogens is 260 g/mol. The van der Waals surface area contributed by atoms with E-state index in [2.05, 4.69) is 5.32 Å². The number of fused-ring (bicyclic) bond motifs is 1. The van der Waals surface area contributed by atoms with Crippen LogP contribution in [0.25, 0.3) is 11.0 Å².